The van der Waals surface area contributed by atoms with E-state index >= 15 is 0 Å². The van der Waals surface area contributed by atoms with Gasteiger partial charge >= 0.3 is 0 Å². The SMILES string of the molecule is C(=C\c1ccco1)/CN1CC[C@H]2CC[C@@H](C1)N2. The van der Waals surface area contributed by atoms with Gasteiger partial charge in [-0.2, -0.15) is 0 Å². The Morgan fingerprint density at radius 1 is 1.35 bits per heavy atom. The number of likely N-dealkylation sites (tertiary alicyclic amines) is 1. The average molecular weight is 232 g/mol. The quantitative estimate of drug-likeness (QED) is 0.865. The van der Waals surface area contributed by atoms with Crippen LogP contribution in [-0.2, 0) is 0 Å². The van der Waals surface area contributed by atoms with E-state index in [0.29, 0.717) is 0 Å². The van der Waals surface area contributed by atoms with Gasteiger partial charge in [0.1, 0.15) is 5.76 Å². The van der Waals surface area contributed by atoms with Gasteiger partial charge in [-0.25, -0.2) is 0 Å². The number of hydrogen-bond acceptors (Lipinski definition) is 3. The summed E-state index contributed by atoms with van der Waals surface area (Å²) in [4.78, 5) is 2.54. The average Bonchev–Trinajstić information content (AvgIpc) is 2.91. The topological polar surface area (TPSA) is 28.4 Å². The minimum Gasteiger partial charge on any atom is -0.465 e. The number of rotatable bonds is 3. The summed E-state index contributed by atoms with van der Waals surface area (Å²) < 4.78 is 5.28. The van der Waals surface area contributed by atoms with E-state index in [4.69, 9.17) is 4.42 Å². The van der Waals surface area contributed by atoms with Gasteiger partial charge in [-0.3, -0.25) is 4.90 Å². The maximum Gasteiger partial charge on any atom is 0.126 e. The Morgan fingerprint density at radius 3 is 3.18 bits per heavy atom. The Morgan fingerprint density at radius 2 is 2.29 bits per heavy atom. The molecular weight excluding hydrogens is 212 g/mol. The van der Waals surface area contributed by atoms with Gasteiger partial charge in [0, 0.05) is 31.7 Å². The van der Waals surface area contributed by atoms with Gasteiger partial charge in [0.25, 0.3) is 0 Å². The zero-order valence-electron chi connectivity index (χ0n) is 10.1. The third-order valence-corrected chi connectivity index (χ3v) is 3.80. The maximum absolute atomic E-state index is 5.28. The zero-order valence-corrected chi connectivity index (χ0v) is 10.1. The lowest BCUT2D eigenvalue weighted by Gasteiger charge is -2.22. The lowest BCUT2D eigenvalue weighted by Crippen LogP contribution is -2.35. The first-order chi connectivity index (χ1) is 8.40. The first-order valence-electron chi connectivity index (χ1n) is 6.58. The highest BCUT2D eigenvalue weighted by molar-refractivity contribution is 5.42. The van der Waals surface area contributed by atoms with E-state index < -0.39 is 0 Å². The predicted octanol–water partition coefficient (Wildman–Crippen LogP) is 2.12. The molecule has 3 nitrogen and oxygen atoms in total. The number of fused-ring (bicyclic) bond motifs is 2. The Labute approximate surface area is 102 Å². The molecule has 0 aliphatic carbocycles. The predicted molar refractivity (Wildman–Crippen MR) is 68.7 cm³/mol. The van der Waals surface area contributed by atoms with Crippen molar-refractivity contribution in [3.05, 3.63) is 30.2 Å². The summed E-state index contributed by atoms with van der Waals surface area (Å²) in [5, 5.41) is 3.70. The lowest BCUT2D eigenvalue weighted by molar-refractivity contribution is 0.285. The fourth-order valence-electron chi connectivity index (χ4n) is 2.89. The standard InChI is InChI=1S/C14H20N2O/c1(3-14-4-2-10-17-14)8-16-9-7-12-5-6-13(11-16)15-12/h1-4,10,12-13,15H,5-9,11H2/b3-1+/t12-,13+/m1/s1. The number of hydrogen-bond donors (Lipinski definition) is 1. The van der Waals surface area contributed by atoms with Gasteiger partial charge in [-0.15, -0.1) is 0 Å². The molecule has 1 aromatic rings. The highest BCUT2D eigenvalue weighted by atomic mass is 16.3. The molecule has 3 heterocycles. The molecule has 1 N–H and O–H groups in total. The molecule has 17 heavy (non-hydrogen) atoms. The highest BCUT2D eigenvalue weighted by Crippen LogP contribution is 2.20. The van der Waals surface area contributed by atoms with E-state index in [0.717, 1.165) is 24.4 Å². The van der Waals surface area contributed by atoms with Gasteiger partial charge in [-0.05, 0) is 37.5 Å². The molecule has 2 atom stereocenters. The van der Waals surface area contributed by atoms with Gasteiger partial charge in [0.2, 0.25) is 0 Å². The minimum absolute atomic E-state index is 0.722. The van der Waals surface area contributed by atoms with Crippen molar-refractivity contribution in [1.29, 1.82) is 0 Å². The molecule has 2 aliphatic heterocycles. The lowest BCUT2D eigenvalue weighted by atomic mass is 10.1. The van der Waals surface area contributed by atoms with Gasteiger partial charge in [-0.1, -0.05) is 6.08 Å². The molecule has 3 heteroatoms. The molecule has 0 radical (unpaired) electrons. The van der Waals surface area contributed by atoms with Crippen LogP contribution in [-0.4, -0.2) is 36.6 Å². The normalized spacial score (nSPS) is 29.9. The van der Waals surface area contributed by atoms with Crippen LogP contribution in [0.4, 0.5) is 0 Å². The Bertz CT molecular complexity index is 372. The van der Waals surface area contributed by atoms with E-state index in [1.165, 1.54) is 32.4 Å². The molecule has 3 rings (SSSR count). The van der Waals surface area contributed by atoms with E-state index in [2.05, 4.69) is 22.4 Å². The molecule has 0 spiro atoms. The van der Waals surface area contributed by atoms with E-state index in [-0.39, 0.29) is 0 Å². The first kappa shape index (κ1) is 11.1. The molecule has 92 valence electrons. The van der Waals surface area contributed by atoms with Crippen molar-refractivity contribution in [2.75, 3.05) is 19.6 Å². The molecule has 0 amide bonds. The third kappa shape index (κ3) is 2.79. The fraction of sp³-hybridized carbons (Fsp3) is 0.571. The van der Waals surface area contributed by atoms with Crippen molar-refractivity contribution in [2.45, 2.75) is 31.3 Å². The first-order valence-corrected chi connectivity index (χ1v) is 6.58. The number of nitrogens with zero attached hydrogens (tertiary/aromatic N) is 1. The maximum atomic E-state index is 5.28. The zero-order chi connectivity index (χ0) is 11.5. The molecular formula is C14H20N2O. The monoisotopic (exact) mass is 232 g/mol. The largest absolute Gasteiger partial charge is 0.465 e. The molecule has 2 fully saturated rings. The van der Waals surface area contributed by atoms with E-state index in [9.17, 15) is 0 Å². The second-order valence-corrected chi connectivity index (χ2v) is 5.10. The minimum atomic E-state index is 0.722. The van der Waals surface area contributed by atoms with Gasteiger partial charge in [0.15, 0.2) is 0 Å². The Balaban J connectivity index is 1.52. The van der Waals surface area contributed by atoms with Crippen molar-refractivity contribution in [3.8, 4) is 0 Å². The summed E-state index contributed by atoms with van der Waals surface area (Å²) in [5.74, 6) is 0.944. The van der Waals surface area contributed by atoms with Crippen molar-refractivity contribution in [2.24, 2.45) is 0 Å². The van der Waals surface area contributed by atoms with Crippen LogP contribution in [0.5, 0.6) is 0 Å². The van der Waals surface area contributed by atoms with Crippen LogP contribution >= 0.6 is 0 Å². The number of nitrogens with one attached hydrogen (secondary N) is 1. The van der Waals surface area contributed by atoms with Crippen LogP contribution in [0.2, 0.25) is 0 Å². The van der Waals surface area contributed by atoms with E-state index in [1.54, 1.807) is 6.26 Å². The molecule has 0 aromatic carbocycles. The summed E-state index contributed by atoms with van der Waals surface area (Å²) in [5.41, 5.74) is 0. The molecule has 2 bridgehead atoms. The van der Waals surface area contributed by atoms with Crippen molar-refractivity contribution >= 4 is 6.08 Å². The van der Waals surface area contributed by atoms with E-state index in [1.807, 2.05) is 12.1 Å². The summed E-state index contributed by atoms with van der Waals surface area (Å²) in [6, 6.07) is 5.41. The smallest absolute Gasteiger partial charge is 0.126 e. The van der Waals surface area contributed by atoms with Gasteiger partial charge < -0.3 is 9.73 Å². The van der Waals surface area contributed by atoms with Crippen molar-refractivity contribution < 1.29 is 4.42 Å². The van der Waals surface area contributed by atoms with Crippen molar-refractivity contribution in [3.63, 3.8) is 0 Å². The molecule has 2 saturated heterocycles. The second kappa shape index (κ2) is 5.07. The molecule has 2 aliphatic rings. The highest BCUT2D eigenvalue weighted by Gasteiger charge is 2.28. The summed E-state index contributed by atoms with van der Waals surface area (Å²) in [6.45, 7) is 3.45. The summed E-state index contributed by atoms with van der Waals surface area (Å²) in [6.07, 6.45) is 10.0. The van der Waals surface area contributed by atoms with Crippen LogP contribution in [0.3, 0.4) is 0 Å². The van der Waals surface area contributed by atoms with Crippen LogP contribution < -0.4 is 5.32 Å². The molecule has 0 unspecified atom stereocenters. The van der Waals surface area contributed by atoms with Crippen molar-refractivity contribution in [1.82, 2.24) is 10.2 Å². The third-order valence-electron chi connectivity index (χ3n) is 3.80. The Kier molecular flexibility index (Phi) is 3.29. The molecule has 0 saturated carbocycles. The van der Waals surface area contributed by atoms with Crippen LogP contribution in [0.25, 0.3) is 6.08 Å². The van der Waals surface area contributed by atoms with Crippen LogP contribution in [0.1, 0.15) is 25.0 Å². The van der Waals surface area contributed by atoms with Crippen LogP contribution in [0.15, 0.2) is 28.9 Å². The van der Waals surface area contributed by atoms with Gasteiger partial charge in [0.05, 0.1) is 6.26 Å². The summed E-state index contributed by atoms with van der Waals surface area (Å²) in [7, 11) is 0. The summed E-state index contributed by atoms with van der Waals surface area (Å²) >= 11 is 0. The number of furan rings is 1. The molecule has 1 aromatic heterocycles. The second-order valence-electron chi connectivity index (χ2n) is 5.10. The fourth-order valence-corrected chi connectivity index (χ4v) is 2.89. The van der Waals surface area contributed by atoms with Crippen LogP contribution in [0, 0.1) is 0 Å². The Hall–Kier alpha value is -1.06.